The van der Waals surface area contributed by atoms with Gasteiger partial charge in [-0.05, 0) is 61.1 Å². The average Bonchev–Trinajstić information content (AvgIpc) is 3.38. The fourth-order valence-corrected chi connectivity index (χ4v) is 4.44. The molecule has 0 radical (unpaired) electrons. The zero-order valence-electron chi connectivity index (χ0n) is 16.0. The van der Waals surface area contributed by atoms with Gasteiger partial charge in [0, 0.05) is 24.0 Å². The van der Waals surface area contributed by atoms with E-state index < -0.39 is 0 Å². The zero-order valence-corrected chi connectivity index (χ0v) is 16.0. The Labute approximate surface area is 164 Å². The molecule has 4 aromatic rings. The zero-order chi connectivity index (χ0) is 18.9. The Balaban J connectivity index is 1.52. The Kier molecular flexibility index (Phi) is 4.45. The van der Waals surface area contributed by atoms with Gasteiger partial charge in [0.05, 0.1) is 12.5 Å². The fourth-order valence-electron chi connectivity index (χ4n) is 4.44. The van der Waals surface area contributed by atoms with E-state index in [1.807, 2.05) is 19.3 Å². The maximum Gasteiger partial charge on any atom is 0.137 e. The lowest BCUT2D eigenvalue weighted by Crippen LogP contribution is -2.35. The summed E-state index contributed by atoms with van der Waals surface area (Å²) in [5, 5.41) is 13.3. The third-order valence-electron chi connectivity index (χ3n) is 5.75. The van der Waals surface area contributed by atoms with Crippen molar-refractivity contribution in [1.82, 2.24) is 20.3 Å². The Bertz CT molecular complexity index is 1080. The lowest BCUT2D eigenvalue weighted by atomic mass is 9.81. The van der Waals surface area contributed by atoms with Crippen molar-refractivity contribution < 1.29 is 4.42 Å². The first-order valence-electron chi connectivity index (χ1n) is 9.93. The highest BCUT2D eigenvalue weighted by Crippen LogP contribution is 2.35. The van der Waals surface area contributed by atoms with Crippen LogP contribution in [0.3, 0.4) is 0 Å². The molecule has 2 aromatic heterocycles. The largest absolute Gasteiger partial charge is 0.464 e. The monoisotopic (exact) mass is 372 g/mol. The fraction of sp³-hybridized carbons (Fsp3) is 0.304. The third-order valence-corrected chi connectivity index (χ3v) is 5.75. The number of furan rings is 1. The summed E-state index contributed by atoms with van der Waals surface area (Å²) in [6, 6.07) is 17.6. The molecule has 28 heavy (non-hydrogen) atoms. The number of aromatic nitrogens is 3. The highest BCUT2D eigenvalue weighted by atomic mass is 16.3. The van der Waals surface area contributed by atoms with Crippen LogP contribution in [-0.2, 0) is 13.5 Å². The van der Waals surface area contributed by atoms with E-state index in [0.29, 0.717) is 12.0 Å². The molecular weight excluding hydrogens is 348 g/mol. The van der Waals surface area contributed by atoms with E-state index in [0.717, 1.165) is 35.2 Å². The minimum atomic E-state index is 0.375. The van der Waals surface area contributed by atoms with Crippen LogP contribution in [0.1, 0.15) is 30.0 Å². The van der Waals surface area contributed by atoms with Gasteiger partial charge in [0.1, 0.15) is 11.3 Å². The summed E-state index contributed by atoms with van der Waals surface area (Å²) in [6.45, 7) is 1.08. The molecule has 3 heterocycles. The summed E-state index contributed by atoms with van der Waals surface area (Å²) < 4.78 is 7.61. The highest BCUT2D eigenvalue weighted by Gasteiger charge is 2.27. The number of hydrogen-bond acceptors (Lipinski definition) is 4. The molecule has 0 amide bonds. The molecule has 5 rings (SSSR count). The van der Waals surface area contributed by atoms with E-state index in [2.05, 4.69) is 58.1 Å². The number of fused-ring (bicyclic) bond motifs is 1. The molecule has 1 aliphatic rings. The Hall–Kier alpha value is -2.92. The van der Waals surface area contributed by atoms with Gasteiger partial charge >= 0.3 is 0 Å². The van der Waals surface area contributed by atoms with Gasteiger partial charge in [0.2, 0.25) is 0 Å². The molecule has 2 atom stereocenters. The summed E-state index contributed by atoms with van der Waals surface area (Å²) in [6.07, 6.45) is 7.14. The van der Waals surface area contributed by atoms with Crippen molar-refractivity contribution in [2.75, 3.05) is 6.54 Å². The predicted octanol–water partition coefficient (Wildman–Crippen LogP) is 4.51. The molecule has 1 unspecified atom stereocenters. The second-order valence-corrected chi connectivity index (χ2v) is 7.70. The van der Waals surface area contributed by atoms with E-state index >= 15 is 0 Å². The van der Waals surface area contributed by atoms with Crippen LogP contribution < -0.4 is 5.32 Å². The SMILES string of the molecule is Cn1cc(-c2cc(CC3CCCN[C@@H]3c3ccccc3)c3occc3c2)nn1. The van der Waals surface area contributed by atoms with Crippen LogP contribution in [0.4, 0.5) is 0 Å². The lowest BCUT2D eigenvalue weighted by molar-refractivity contribution is 0.282. The van der Waals surface area contributed by atoms with E-state index in [1.54, 1.807) is 10.9 Å². The smallest absolute Gasteiger partial charge is 0.137 e. The van der Waals surface area contributed by atoms with Gasteiger partial charge in [-0.3, -0.25) is 4.68 Å². The Morgan fingerprint density at radius 3 is 2.89 bits per heavy atom. The standard InChI is InChI=1S/C23H24N4O/c1-27-15-21(25-26-27)19-13-18-9-11-28-23(18)20(14-19)12-17-8-5-10-24-22(17)16-6-3-2-4-7-16/h2-4,6-7,9,11,13-15,17,22,24H,5,8,10,12H2,1H3/t17?,22-/m1/s1. The minimum Gasteiger partial charge on any atom is -0.464 e. The number of benzene rings is 2. The number of hydrogen-bond donors (Lipinski definition) is 1. The van der Waals surface area contributed by atoms with Crippen molar-refractivity contribution in [3.8, 4) is 11.3 Å². The number of piperidine rings is 1. The van der Waals surface area contributed by atoms with Crippen molar-refractivity contribution in [1.29, 1.82) is 0 Å². The van der Waals surface area contributed by atoms with Crippen LogP contribution in [0.25, 0.3) is 22.2 Å². The van der Waals surface area contributed by atoms with Crippen molar-refractivity contribution in [2.24, 2.45) is 13.0 Å². The number of nitrogens with zero attached hydrogens (tertiary/aromatic N) is 3. The summed E-state index contributed by atoms with van der Waals surface area (Å²) in [5.41, 5.74) is 5.60. The second kappa shape index (κ2) is 7.24. The third kappa shape index (κ3) is 3.22. The van der Waals surface area contributed by atoms with Crippen LogP contribution in [0.15, 0.2) is 65.4 Å². The van der Waals surface area contributed by atoms with Gasteiger partial charge in [-0.1, -0.05) is 35.5 Å². The average molecular weight is 372 g/mol. The molecule has 2 aromatic carbocycles. The number of rotatable bonds is 4. The predicted molar refractivity (Wildman–Crippen MR) is 110 cm³/mol. The molecule has 0 aliphatic carbocycles. The van der Waals surface area contributed by atoms with E-state index in [-0.39, 0.29) is 0 Å². The van der Waals surface area contributed by atoms with E-state index in [9.17, 15) is 0 Å². The molecular formula is C23H24N4O. The maximum atomic E-state index is 5.87. The normalized spacial score (nSPS) is 19.9. The van der Waals surface area contributed by atoms with Crippen LogP contribution in [-0.4, -0.2) is 21.5 Å². The van der Waals surface area contributed by atoms with Crippen molar-refractivity contribution in [2.45, 2.75) is 25.3 Å². The topological polar surface area (TPSA) is 55.9 Å². The van der Waals surface area contributed by atoms with Crippen LogP contribution in [0, 0.1) is 5.92 Å². The number of aryl methyl sites for hydroxylation is 1. The molecule has 142 valence electrons. The van der Waals surface area contributed by atoms with Crippen LogP contribution >= 0.6 is 0 Å². The minimum absolute atomic E-state index is 0.375. The summed E-state index contributed by atoms with van der Waals surface area (Å²) in [4.78, 5) is 0. The van der Waals surface area contributed by atoms with Crippen LogP contribution in [0.5, 0.6) is 0 Å². The van der Waals surface area contributed by atoms with Gasteiger partial charge < -0.3 is 9.73 Å². The maximum absolute atomic E-state index is 5.87. The molecule has 5 heteroatoms. The molecule has 0 spiro atoms. The first kappa shape index (κ1) is 17.2. The molecule has 1 N–H and O–H groups in total. The molecule has 1 aliphatic heterocycles. The molecule has 0 saturated carbocycles. The molecule has 5 nitrogen and oxygen atoms in total. The Morgan fingerprint density at radius 2 is 2.07 bits per heavy atom. The van der Waals surface area contributed by atoms with Crippen LogP contribution in [0.2, 0.25) is 0 Å². The molecule has 1 fully saturated rings. The summed E-state index contributed by atoms with van der Waals surface area (Å²) in [7, 11) is 1.89. The lowest BCUT2D eigenvalue weighted by Gasteiger charge is -2.33. The van der Waals surface area contributed by atoms with Gasteiger partial charge in [0.25, 0.3) is 0 Å². The van der Waals surface area contributed by atoms with Gasteiger partial charge in [-0.15, -0.1) is 5.10 Å². The van der Waals surface area contributed by atoms with Gasteiger partial charge in [0.15, 0.2) is 0 Å². The molecule has 0 bridgehead atoms. The summed E-state index contributed by atoms with van der Waals surface area (Å²) >= 11 is 0. The molecule has 1 saturated heterocycles. The van der Waals surface area contributed by atoms with Crippen molar-refractivity contribution >= 4 is 11.0 Å². The quantitative estimate of drug-likeness (QED) is 0.573. The van der Waals surface area contributed by atoms with Crippen molar-refractivity contribution in [3.05, 3.63) is 72.1 Å². The van der Waals surface area contributed by atoms with E-state index in [4.69, 9.17) is 4.42 Å². The first-order valence-corrected chi connectivity index (χ1v) is 9.93. The first-order chi connectivity index (χ1) is 13.8. The van der Waals surface area contributed by atoms with Gasteiger partial charge in [-0.25, -0.2) is 0 Å². The van der Waals surface area contributed by atoms with E-state index in [1.165, 1.54) is 24.0 Å². The Morgan fingerprint density at radius 1 is 1.18 bits per heavy atom. The number of nitrogens with one attached hydrogen (secondary N) is 1. The van der Waals surface area contributed by atoms with Crippen molar-refractivity contribution in [3.63, 3.8) is 0 Å². The second-order valence-electron chi connectivity index (χ2n) is 7.70. The summed E-state index contributed by atoms with van der Waals surface area (Å²) in [5.74, 6) is 0.529. The highest BCUT2D eigenvalue weighted by molar-refractivity contribution is 5.85. The van der Waals surface area contributed by atoms with Gasteiger partial charge in [-0.2, -0.15) is 0 Å².